The quantitative estimate of drug-likeness (QED) is 0.309. The van der Waals surface area contributed by atoms with Crippen molar-refractivity contribution in [2.45, 2.75) is 18.9 Å². The van der Waals surface area contributed by atoms with Gasteiger partial charge in [0.2, 0.25) is 0 Å². The van der Waals surface area contributed by atoms with Crippen LogP contribution in [0.4, 0.5) is 10.6 Å². The van der Waals surface area contributed by atoms with Crippen molar-refractivity contribution in [1.29, 1.82) is 0 Å². The average Bonchev–Trinajstić information content (AvgIpc) is 3.48. The third-order valence-corrected chi connectivity index (χ3v) is 8.65. The standard InChI is InChI=1S/C33H33N7O4/c1-37-16-8-13-24(37)21-44-32-35-28-27(30(36-32)38-17-19-39(20-18-38)33(42)43)34-29(23-10-3-2-4-11-23)40(31(28)41)26-15-7-12-22-9-5-6-14-25(22)26/h2-7,9-12,14-15,24H,8,13,16-21H2,1H3,(H,42,43)/t24-/m0/s1. The first-order chi connectivity index (χ1) is 21.5. The van der Waals surface area contributed by atoms with Crippen LogP contribution in [0.2, 0.25) is 0 Å². The minimum Gasteiger partial charge on any atom is -0.465 e. The second-order valence-electron chi connectivity index (χ2n) is 11.3. The summed E-state index contributed by atoms with van der Waals surface area (Å²) in [6.45, 7) is 2.83. The molecule has 0 unspecified atom stereocenters. The summed E-state index contributed by atoms with van der Waals surface area (Å²) in [6, 6.07) is 23.8. The lowest BCUT2D eigenvalue weighted by molar-refractivity contribution is 0.142. The number of fused-ring (bicyclic) bond motifs is 2. The number of aromatic nitrogens is 4. The molecule has 0 bridgehead atoms. The molecular weight excluding hydrogens is 558 g/mol. The molecule has 1 N–H and O–H groups in total. The minimum atomic E-state index is -0.954. The first-order valence-corrected chi connectivity index (χ1v) is 14.9. The Kier molecular flexibility index (Phi) is 7.31. The van der Waals surface area contributed by atoms with E-state index in [9.17, 15) is 14.7 Å². The van der Waals surface area contributed by atoms with Gasteiger partial charge in [-0.2, -0.15) is 9.97 Å². The van der Waals surface area contributed by atoms with Gasteiger partial charge < -0.3 is 24.5 Å². The monoisotopic (exact) mass is 591 g/mol. The Balaban J connectivity index is 1.44. The molecule has 224 valence electrons. The zero-order chi connectivity index (χ0) is 30.2. The van der Waals surface area contributed by atoms with E-state index >= 15 is 0 Å². The summed E-state index contributed by atoms with van der Waals surface area (Å²) in [7, 11) is 2.08. The van der Waals surface area contributed by atoms with Gasteiger partial charge >= 0.3 is 12.1 Å². The Hall–Kier alpha value is -5.03. The molecule has 0 spiro atoms. The molecule has 2 aromatic heterocycles. The highest BCUT2D eigenvalue weighted by Crippen LogP contribution is 2.31. The third kappa shape index (κ3) is 5.09. The Labute approximate surface area is 254 Å². The van der Waals surface area contributed by atoms with Crippen LogP contribution in [-0.2, 0) is 0 Å². The Bertz CT molecular complexity index is 1900. The number of likely N-dealkylation sites (tertiary alicyclic amines) is 1. The van der Waals surface area contributed by atoms with Gasteiger partial charge in [-0.25, -0.2) is 9.78 Å². The molecule has 0 saturated carbocycles. The molecule has 5 aromatic rings. The van der Waals surface area contributed by atoms with Crippen LogP contribution in [0.3, 0.4) is 0 Å². The van der Waals surface area contributed by atoms with Crippen LogP contribution in [0.1, 0.15) is 12.8 Å². The number of anilines is 1. The lowest BCUT2D eigenvalue weighted by Crippen LogP contribution is -2.48. The van der Waals surface area contributed by atoms with Gasteiger partial charge in [-0.3, -0.25) is 9.36 Å². The average molecular weight is 592 g/mol. The van der Waals surface area contributed by atoms with Gasteiger partial charge in [-0.1, -0.05) is 66.7 Å². The van der Waals surface area contributed by atoms with Crippen LogP contribution in [0.25, 0.3) is 38.9 Å². The van der Waals surface area contributed by atoms with E-state index in [1.807, 2.05) is 77.7 Å². The summed E-state index contributed by atoms with van der Waals surface area (Å²) in [5.41, 5.74) is 1.65. The fourth-order valence-corrected chi connectivity index (χ4v) is 6.20. The molecule has 11 nitrogen and oxygen atoms in total. The maximum absolute atomic E-state index is 14.7. The normalized spacial score (nSPS) is 17.4. The number of hydrogen-bond acceptors (Lipinski definition) is 8. The molecular formula is C33H33N7O4. The molecule has 7 rings (SSSR count). The number of rotatable bonds is 6. The largest absolute Gasteiger partial charge is 0.465 e. The molecule has 2 saturated heterocycles. The Morgan fingerprint density at radius 3 is 2.39 bits per heavy atom. The van der Waals surface area contributed by atoms with Crippen molar-refractivity contribution in [1.82, 2.24) is 29.3 Å². The Morgan fingerprint density at radius 2 is 1.64 bits per heavy atom. The van der Waals surface area contributed by atoms with E-state index in [-0.39, 0.29) is 23.1 Å². The molecule has 11 heteroatoms. The number of carboxylic acid groups (broad SMARTS) is 1. The molecule has 4 heterocycles. The number of ether oxygens (including phenoxy) is 1. The van der Waals surface area contributed by atoms with Crippen molar-refractivity contribution in [3.63, 3.8) is 0 Å². The highest BCUT2D eigenvalue weighted by Gasteiger charge is 2.28. The number of carbonyl (C=O) groups is 1. The minimum absolute atomic E-state index is 0.115. The number of amides is 1. The topological polar surface area (TPSA) is 117 Å². The summed E-state index contributed by atoms with van der Waals surface area (Å²) in [5, 5.41) is 11.4. The summed E-state index contributed by atoms with van der Waals surface area (Å²) in [5.74, 6) is 0.934. The third-order valence-electron chi connectivity index (χ3n) is 8.65. The predicted molar refractivity (Wildman–Crippen MR) is 169 cm³/mol. The molecule has 2 fully saturated rings. The summed E-state index contributed by atoms with van der Waals surface area (Å²) >= 11 is 0. The summed E-state index contributed by atoms with van der Waals surface area (Å²) < 4.78 is 7.81. The molecule has 3 aromatic carbocycles. The van der Waals surface area contributed by atoms with Crippen LogP contribution in [-0.4, -0.2) is 92.9 Å². The van der Waals surface area contributed by atoms with Crippen molar-refractivity contribution < 1.29 is 14.6 Å². The Morgan fingerprint density at radius 1 is 0.886 bits per heavy atom. The summed E-state index contributed by atoms with van der Waals surface area (Å²) in [4.78, 5) is 46.5. The first-order valence-electron chi connectivity index (χ1n) is 14.9. The van der Waals surface area contributed by atoms with Gasteiger partial charge in [0.05, 0.1) is 5.69 Å². The van der Waals surface area contributed by atoms with Gasteiger partial charge in [-0.05, 0) is 37.9 Å². The van der Waals surface area contributed by atoms with E-state index in [0.29, 0.717) is 55.6 Å². The van der Waals surface area contributed by atoms with Crippen molar-refractivity contribution in [3.05, 3.63) is 83.2 Å². The molecule has 2 aliphatic heterocycles. The van der Waals surface area contributed by atoms with Crippen molar-refractivity contribution in [2.75, 3.05) is 51.3 Å². The van der Waals surface area contributed by atoms with Crippen LogP contribution < -0.4 is 15.2 Å². The number of likely N-dealkylation sites (N-methyl/N-ethyl adjacent to an activating group) is 1. The molecule has 1 atom stereocenters. The predicted octanol–water partition coefficient (Wildman–Crippen LogP) is 4.27. The van der Waals surface area contributed by atoms with E-state index in [1.165, 1.54) is 4.90 Å². The number of hydrogen-bond donors (Lipinski definition) is 1. The fraction of sp³-hybridized carbons (Fsp3) is 0.303. The molecule has 0 aliphatic carbocycles. The highest BCUT2D eigenvalue weighted by molar-refractivity contribution is 5.92. The SMILES string of the molecule is CN1CCC[C@H]1COc1nc(N2CCN(C(=O)O)CC2)c2nc(-c3ccccc3)n(-c3cccc4ccccc34)c(=O)c2n1. The van der Waals surface area contributed by atoms with E-state index in [1.54, 1.807) is 4.57 Å². The first kappa shape index (κ1) is 27.8. The molecule has 1 amide bonds. The maximum Gasteiger partial charge on any atom is 0.407 e. The van der Waals surface area contributed by atoms with Crippen LogP contribution in [0.5, 0.6) is 6.01 Å². The van der Waals surface area contributed by atoms with Gasteiger partial charge in [0.1, 0.15) is 17.9 Å². The van der Waals surface area contributed by atoms with Crippen molar-refractivity contribution in [2.24, 2.45) is 0 Å². The van der Waals surface area contributed by atoms with E-state index in [0.717, 1.165) is 35.7 Å². The lowest BCUT2D eigenvalue weighted by Gasteiger charge is -2.34. The molecule has 0 radical (unpaired) electrons. The van der Waals surface area contributed by atoms with Gasteiger partial charge in [0.25, 0.3) is 5.56 Å². The fourth-order valence-electron chi connectivity index (χ4n) is 6.20. The van der Waals surface area contributed by atoms with Crippen molar-refractivity contribution in [3.8, 4) is 23.1 Å². The number of benzene rings is 3. The van der Waals surface area contributed by atoms with Crippen molar-refractivity contribution >= 4 is 33.7 Å². The van der Waals surface area contributed by atoms with E-state index < -0.39 is 6.09 Å². The summed E-state index contributed by atoms with van der Waals surface area (Å²) in [6.07, 6.45) is 1.16. The highest BCUT2D eigenvalue weighted by atomic mass is 16.5. The van der Waals surface area contributed by atoms with Crippen LogP contribution in [0.15, 0.2) is 77.6 Å². The van der Waals surface area contributed by atoms with Gasteiger partial charge in [0, 0.05) is 43.2 Å². The molecule has 2 aliphatic rings. The van der Waals surface area contributed by atoms with Crippen LogP contribution in [0, 0.1) is 0 Å². The zero-order valence-electron chi connectivity index (χ0n) is 24.5. The maximum atomic E-state index is 14.7. The van der Waals surface area contributed by atoms with E-state index in [4.69, 9.17) is 14.7 Å². The zero-order valence-corrected chi connectivity index (χ0v) is 24.5. The van der Waals surface area contributed by atoms with Gasteiger partial charge in [0.15, 0.2) is 11.3 Å². The van der Waals surface area contributed by atoms with E-state index in [2.05, 4.69) is 16.9 Å². The smallest absolute Gasteiger partial charge is 0.407 e. The second kappa shape index (κ2) is 11.6. The van der Waals surface area contributed by atoms with Gasteiger partial charge in [-0.15, -0.1) is 0 Å². The second-order valence-corrected chi connectivity index (χ2v) is 11.3. The number of piperazine rings is 1. The lowest BCUT2D eigenvalue weighted by atomic mass is 10.1. The molecule has 44 heavy (non-hydrogen) atoms. The number of nitrogens with zero attached hydrogens (tertiary/aromatic N) is 7. The van der Waals surface area contributed by atoms with Crippen LogP contribution >= 0.6 is 0 Å².